The lowest BCUT2D eigenvalue weighted by atomic mass is 9.93. The summed E-state index contributed by atoms with van der Waals surface area (Å²) < 4.78 is 0. The Kier molecular flexibility index (Phi) is 4.05. The van der Waals surface area contributed by atoms with Gasteiger partial charge in [0.25, 0.3) is 0 Å². The minimum atomic E-state index is -0.877. The van der Waals surface area contributed by atoms with Gasteiger partial charge in [0, 0.05) is 11.3 Å². The van der Waals surface area contributed by atoms with E-state index in [2.05, 4.69) is 23.1 Å². The van der Waals surface area contributed by atoms with Gasteiger partial charge in [-0.1, -0.05) is 60.3 Å². The molecular weight excluding hydrogens is 360 g/mol. The van der Waals surface area contributed by atoms with Gasteiger partial charge in [-0.2, -0.15) is 0 Å². The molecule has 0 amide bonds. The molecule has 0 radical (unpaired) electrons. The predicted molar refractivity (Wildman–Crippen MR) is 97.1 cm³/mol. The molecule has 5 heteroatoms. The maximum atomic E-state index is 10.8. The second-order valence-corrected chi connectivity index (χ2v) is 6.58. The third kappa shape index (κ3) is 2.37. The molecule has 4 rings (SSSR count). The van der Waals surface area contributed by atoms with Crippen molar-refractivity contribution in [1.29, 1.82) is 0 Å². The molecule has 1 saturated heterocycles. The molecule has 1 fully saturated rings. The van der Waals surface area contributed by atoms with Gasteiger partial charge in [-0.3, -0.25) is 0 Å². The number of amidine groups is 1. The maximum Gasteiger partial charge on any atom is 0.167 e. The van der Waals surface area contributed by atoms with Gasteiger partial charge >= 0.3 is 0 Å². The molecule has 2 aliphatic rings. The van der Waals surface area contributed by atoms with Crippen molar-refractivity contribution < 1.29 is 5.11 Å². The Morgan fingerprint density at radius 1 is 1.14 bits per heavy atom. The molecule has 3 nitrogen and oxygen atoms in total. The normalized spacial score (nSPS) is 25.8. The van der Waals surface area contributed by atoms with Crippen LogP contribution in [0.2, 0.25) is 0 Å². The number of rotatable bonds is 1. The van der Waals surface area contributed by atoms with E-state index < -0.39 is 5.72 Å². The van der Waals surface area contributed by atoms with Crippen molar-refractivity contribution in [2.75, 3.05) is 5.75 Å². The lowest BCUT2D eigenvalue weighted by Crippen LogP contribution is -2.48. The first-order chi connectivity index (χ1) is 10.2. The van der Waals surface area contributed by atoms with Gasteiger partial charge in [-0.05, 0) is 18.6 Å². The molecule has 114 valence electrons. The molecule has 0 saturated carbocycles. The van der Waals surface area contributed by atoms with Gasteiger partial charge in [0.15, 0.2) is 5.17 Å². The van der Waals surface area contributed by atoms with E-state index in [0.29, 0.717) is 5.75 Å². The van der Waals surface area contributed by atoms with Crippen molar-refractivity contribution in [2.45, 2.75) is 18.7 Å². The highest BCUT2D eigenvalue weighted by atomic mass is 79.9. The number of nitrogens with zero attached hydrogens (tertiary/aromatic N) is 2. The highest BCUT2D eigenvalue weighted by Crippen LogP contribution is 2.47. The molecule has 22 heavy (non-hydrogen) atoms. The molecule has 0 bridgehead atoms. The van der Waals surface area contributed by atoms with E-state index >= 15 is 0 Å². The fourth-order valence-corrected chi connectivity index (χ4v) is 4.19. The third-order valence-electron chi connectivity index (χ3n) is 4.02. The minimum Gasteiger partial charge on any atom is -0.370 e. The topological polar surface area (TPSA) is 35.8 Å². The number of hydrogen-bond acceptors (Lipinski definition) is 4. The summed E-state index contributed by atoms with van der Waals surface area (Å²) in [4.78, 5) is 6.78. The van der Waals surface area contributed by atoms with Crippen LogP contribution in [-0.4, -0.2) is 26.7 Å². The number of thioether (sulfide) groups is 1. The van der Waals surface area contributed by atoms with Crippen molar-refractivity contribution in [3.63, 3.8) is 0 Å². The smallest absolute Gasteiger partial charge is 0.167 e. The summed E-state index contributed by atoms with van der Waals surface area (Å²) in [6.45, 7) is 1.87. The standard InChI is InChI=1S/C17H16N2OS.BrH/c1-17(20)11-21-16-18-14-10-6-5-9-13(14)15(19(16)17)12-7-3-2-4-8-12;/h2-10,15,20H,11H2,1H3;1H/t15-,17?;/m1./s1. The summed E-state index contributed by atoms with van der Waals surface area (Å²) in [5.74, 6) is 0.642. The summed E-state index contributed by atoms with van der Waals surface area (Å²) in [5.41, 5.74) is 2.45. The summed E-state index contributed by atoms with van der Waals surface area (Å²) in [6.07, 6.45) is 0. The Hall–Kier alpha value is -1.30. The average molecular weight is 377 g/mol. The molecular formula is C17H17BrN2OS. The molecule has 2 aliphatic heterocycles. The first-order valence-electron chi connectivity index (χ1n) is 7.04. The molecule has 2 atom stereocenters. The second-order valence-electron chi connectivity index (χ2n) is 5.64. The maximum absolute atomic E-state index is 10.8. The number of para-hydroxylation sites is 1. The molecule has 1 unspecified atom stereocenters. The molecule has 0 aromatic heterocycles. The van der Waals surface area contributed by atoms with Crippen molar-refractivity contribution in [1.82, 2.24) is 4.90 Å². The van der Waals surface area contributed by atoms with Crippen LogP contribution < -0.4 is 0 Å². The van der Waals surface area contributed by atoms with Gasteiger partial charge in [-0.25, -0.2) is 4.99 Å². The molecule has 0 aliphatic carbocycles. The summed E-state index contributed by atoms with van der Waals surface area (Å²) in [5, 5.41) is 11.7. The Morgan fingerprint density at radius 3 is 2.59 bits per heavy atom. The van der Waals surface area contributed by atoms with E-state index in [4.69, 9.17) is 4.99 Å². The monoisotopic (exact) mass is 376 g/mol. The van der Waals surface area contributed by atoms with Crippen molar-refractivity contribution >= 4 is 39.6 Å². The van der Waals surface area contributed by atoms with Gasteiger partial charge in [0.1, 0.15) is 5.72 Å². The predicted octanol–water partition coefficient (Wildman–Crippen LogP) is 4.11. The van der Waals surface area contributed by atoms with Crippen LogP contribution in [-0.2, 0) is 0 Å². The number of fused-ring (bicyclic) bond motifs is 2. The van der Waals surface area contributed by atoms with Crippen LogP contribution in [0.1, 0.15) is 24.1 Å². The van der Waals surface area contributed by atoms with E-state index in [1.807, 2.05) is 43.3 Å². The number of aliphatic hydroxyl groups is 1. The number of halogens is 1. The Labute approximate surface area is 144 Å². The Balaban J connectivity index is 0.00000144. The molecule has 2 heterocycles. The SMILES string of the molecule is Br.CC1(O)CSC2=Nc3ccccc3[C@@H](c3ccccc3)N21. The van der Waals surface area contributed by atoms with E-state index in [1.54, 1.807) is 11.8 Å². The fraction of sp³-hybridized carbons (Fsp3) is 0.235. The Bertz CT molecular complexity index is 718. The summed E-state index contributed by atoms with van der Waals surface area (Å²) >= 11 is 1.62. The minimum absolute atomic E-state index is 0. The zero-order valence-electron chi connectivity index (χ0n) is 12.1. The number of benzene rings is 2. The lowest BCUT2D eigenvalue weighted by molar-refractivity contribution is -0.0392. The van der Waals surface area contributed by atoms with E-state index in [0.717, 1.165) is 16.4 Å². The van der Waals surface area contributed by atoms with Gasteiger partial charge in [0.2, 0.25) is 0 Å². The van der Waals surface area contributed by atoms with Crippen molar-refractivity contribution in [3.8, 4) is 0 Å². The number of hydrogen-bond donors (Lipinski definition) is 1. The second kappa shape index (κ2) is 5.72. The first-order valence-corrected chi connectivity index (χ1v) is 8.02. The van der Waals surface area contributed by atoms with Crippen LogP contribution in [0.15, 0.2) is 59.6 Å². The van der Waals surface area contributed by atoms with Crippen LogP contribution in [0.25, 0.3) is 0 Å². The largest absolute Gasteiger partial charge is 0.370 e. The molecule has 2 aromatic rings. The fourth-order valence-electron chi connectivity index (χ4n) is 3.05. The van der Waals surface area contributed by atoms with E-state index in [9.17, 15) is 5.11 Å². The lowest BCUT2D eigenvalue weighted by Gasteiger charge is -2.41. The zero-order chi connectivity index (χ0) is 14.4. The number of aliphatic imine (C=N–C) groups is 1. The van der Waals surface area contributed by atoms with Gasteiger partial charge in [-0.15, -0.1) is 17.0 Å². The van der Waals surface area contributed by atoms with Gasteiger partial charge < -0.3 is 10.0 Å². The van der Waals surface area contributed by atoms with E-state index in [1.165, 1.54) is 5.56 Å². The van der Waals surface area contributed by atoms with Crippen LogP contribution in [0.3, 0.4) is 0 Å². The Morgan fingerprint density at radius 2 is 1.82 bits per heavy atom. The van der Waals surface area contributed by atoms with Crippen LogP contribution in [0, 0.1) is 0 Å². The molecule has 2 aromatic carbocycles. The van der Waals surface area contributed by atoms with Crippen LogP contribution in [0.5, 0.6) is 0 Å². The summed E-state index contributed by atoms with van der Waals surface area (Å²) in [6, 6.07) is 18.5. The highest BCUT2D eigenvalue weighted by molar-refractivity contribution is 8.93. The molecule has 1 N–H and O–H groups in total. The first kappa shape index (κ1) is 15.6. The molecule has 0 spiro atoms. The van der Waals surface area contributed by atoms with Crippen molar-refractivity contribution in [2.24, 2.45) is 4.99 Å². The summed E-state index contributed by atoms with van der Waals surface area (Å²) in [7, 11) is 0. The van der Waals surface area contributed by atoms with Gasteiger partial charge in [0.05, 0.1) is 11.7 Å². The van der Waals surface area contributed by atoms with Crippen LogP contribution >= 0.6 is 28.7 Å². The highest BCUT2D eigenvalue weighted by Gasteiger charge is 2.46. The quantitative estimate of drug-likeness (QED) is 0.813. The van der Waals surface area contributed by atoms with Crippen molar-refractivity contribution in [3.05, 3.63) is 65.7 Å². The third-order valence-corrected chi connectivity index (χ3v) is 5.26. The van der Waals surface area contributed by atoms with E-state index in [-0.39, 0.29) is 23.0 Å². The average Bonchev–Trinajstić information content (AvgIpc) is 2.81. The zero-order valence-corrected chi connectivity index (χ0v) is 14.7. The van der Waals surface area contributed by atoms with Crippen LogP contribution in [0.4, 0.5) is 5.69 Å².